The number of hydrogen-bond donors (Lipinski definition) is 1. The monoisotopic (exact) mass is 330 g/mol. The van der Waals surface area contributed by atoms with Crippen LogP contribution in [-0.4, -0.2) is 54.4 Å². The summed E-state index contributed by atoms with van der Waals surface area (Å²) >= 11 is 1.64. The van der Waals surface area contributed by atoms with Crippen molar-refractivity contribution in [2.45, 2.75) is 12.6 Å². The lowest BCUT2D eigenvalue weighted by Crippen LogP contribution is -2.46. The van der Waals surface area contributed by atoms with E-state index in [0.717, 1.165) is 37.4 Å². The Bertz CT molecular complexity index is 658. The summed E-state index contributed by atoms with van der Waals surface area (Å²) in [5, 5.41) is 4.80. The lowest BCUT2D eigenvalue weighted by atomic mass is 10.00. The molecule has 1 aromatic heterocycles. The molecule has 1 aromatic carbocycles. The maximum atomic E-state index is 11.9. The molecular weight excluding hydrogens is 308 g/mol. The van der Waals surface area contributed by atoms with E-state index in [9.17, 15) is 4.79 Å². The van der Waals surface area contributed by atoms with Crippen LogP contribution in [0.25, 0.3) is 0 Å². The number of hydrogen-bond acceptors (Lipinski definition) is 5. The Balaban J connectivity index is 1.76. The summed E-state index contributed by atoms with van der Waals surface area (Å²) in [4.78, 5) is 21.0. The molecule has 122 valence electrons. The van der Waals surface area contributed by atoms with Crippen LogP contribution in [0.2, 0.25) is 0 Å². The molecule has 0 bridgehead atoms. The zero-order valence-corrected chi connectivity index (χ0v) is 14.3. The smallest absolute Gasteiger partial charge is 0.251 e. The molecule has 3 rings (SSSR count). The lowest BCUT2D eigenvalue weighted by molar-refractivity contribution is 0.0894. The number of amides is 1. The van der Waals surface area contributed by atoms with Crippen molar-refractivity contribution in [2.24, 2.45) is 0 Å². The highest BCUT2D eigenvalue weighted by atomic mass is 32.1. The Morgan fingerprint density at radius 3 is 3.04 bits per heavy atom. The van der Waals surface area contributed by atoms with Crippen molar-refractivity contribution >= 4 is 17.2 Å². The van der Waals surface area contributed by atoms with Crippen molar-refractivity contribution in [2.75, 3.05) is 33.7 Å². The van der Waals surface area contributed by atoms with Crippen molar-refractivity contribution in [1.82, 2.24) is 20.1 Å². The first kappa shape index (κ1) is 16.1. The summed E-state index contributed by atoms with van der Waals surface area (Å²) in [6.45, 7) is 3.90. The summed E-state index contributed by atoms with van der Waals surface area (Å²) < 4.78 is 0. The molecule has 2 aromatic rings. The average molecular weight is 330 g/mol. The molecule has 6 heteroatoms. The molecule has 1 amide bonds. The van der Waals surface area contributed by atoms with Crippen LogP contribution in [0.3, 0.4) is 0 Å². The normalized spacial score (nSPS) is 19.7. The first-order valence-corrected chi connectivity index (χ1v) is 8.73. The number of carbonyl (C=O) groups is 1. The van der Waals surface area contributed by atoms with E-state index in [4.69, 9.17) is 0 Å². The topological polar surface area (TPSA) is 48.5 Å². The standard InChI is InChI=1S/C17H22N4OS/c1-18-17(22)14-5-3-4-13(8-14)16-10-21(7-6-20(16)2)9-15-11-23-12-19-15/h3-5,8,11-12,16H,6-7,9-10H2,1-2H3,(H,18,22)/t16-/m0/s1. The van der Waals surface area contributed by atoms with E-state index in [2.05, 4.69) is 38.6 Å². The van der Waals surface area contributed by atoms with Crippen LogP contribution in [0.4, 0.5) is 0 Å². The zero-order valence-electron chi connectivity index (χ0n) is 13.5. The molecule has 1 atom stereocenters. The molecular formula is C17H22N4OS. The van der Waals surface area contributed by atoms with Crippen LogP contribution in [0.15, 0.2) is 35.2 Å². The fourth-order valence-electron chi connectivity index (χ4n) is 3.01. The predicted molar refractivity (Wildman–Crippen MR) is 92.6 cm³/mol. The number of nitrogens with one attached hydrogen (secondary N) is 1. The largest absolute Gasteiger partial charge is 0.355 e. The Hall–Kier alpha value is -1.76. The summed E-state index contributed by atoms with van der Waals surface area (Å²) in [6.07, 6.45) is 0. The fraction of sp³-hybridized carbons (Fsp3) is 0.412. The maximum Gasteiger partial charge on any atom is 0.251 e. The summed E-state index contributed by atoms with van der Waals surface area (Å²) in [7, 11) is 3.81. The van der Waals surface area contributed by atoms with Gasteiger partial charge in [0.05, 0.1) is 11.2 Å². The van der Waals surface area contributed by atoms with Gasteiger partial charge in [-0.1, -0.05) is 12.1 Å². The number of thiazole rings is 1. The highest BCUT2D eigenvalue weighted by molar-refractivity contribution is 7.07. The highest BCUT2D eigenvalue weighted by Crippen LogP contribution is 2.25. The number of likely N-dealkylation sites (N-methyl/N-ethyl adjacent to an activating group) is 1. The van der Waals surface area contributed by atoms with E-state index < -0.39 is 0 Å². The first-order valence-electron chi connectivity index (χ1n) is 7.79. The van der Waals surface area contributed by atoms with Gasteiger partial charge in [0.2, 0.25) is 0 Å². The fourth-order valence-corrected chi connectivity index (χ4v) is 3.56. The van der Waals surface area contributed by atoms with Gasteiger partial charge in [0.25, 0.3) is 5.91 Å². The first-order chi connectivity index (χ1) is 11.2. The van der Waals surface area contributed by atoms with Crippen molar-refractivity contribution in [3.05, 3.63) is 52.0 Å². The number of aromatic nitrogens is 1. The minimum Gasteiger partial charge on any atom is -0.355 e. The number of piperazine rings is 1. The molecule has 1 aliphatic heterocycles. The number of nitrogens with zero attached hydrogens (tertiary/aromatic N) is 3. The van der Waals surface area contributed by atoms with E-state index in [0.29, 0.717) is 6.04 Å². The van der Waals surface area contributed by atoms with Gasteiger partial charge < -0.3 is 5.32 Å². The predicted octanol–water partition coefficient (Wildman–Crippen LogP) is 1.99. The van der Waals surface area contributed by atoms with Crippen molar-refractivity contribution < 1.29 is 4.79 Å². The zero-order chi connectivity index (χ0) is 16.2. The van der Waals surface area contributed by atoms with Crippen LogP contribution >= 0.6 is 11.3 Å². The second-order valence-corrected chi connectivity index (χ2v) is 6.63. The van der Waals surface area contributed by atoms with Gasteiger partial charge in [0.1, 0.15) is 0 Å². The molecule has 2 heterocycles. The number of rotatable bonds is 4. The second-order valence-electron chi connectivity index (χ2n) is 5.92. The molecule has 1 saturated heterocycles. The third-order valence-corrected chi connectivity index (χ3v) is 5.00. The van der Waals surface area contributed by atoms with E-state index in [1.54, 1.807) is 18.4 Å². The van der Waals surface area contributed by atoms with E-state index in [1.165, 1.54) is 5.56 Å². The molecule has 1 N–H and O–H groups in total. The molecule has 1 fully saturated rings. The van der Waals surface area contributed by atoms with Crippen LogP contribution in [0.5, 0.6) is 0 Å². The average Bonchev–Trinajstić information content (AvgIpc) is 3.09. The molecule has 5 nitrogen and oxygen atoms in total. The van der Waals surface area contributed by atoms with Crippen molar-refractivity contribution in [3.63, 3.8) is 0 Å². The number of carbonyl (C=O) groups excluding carboxylic acids is 1. The van der Waals surface area contributed by atoms with Gasteiger partial charge in [-0.2, -0.15) is 0 Å². The van der Waals surface area contributed by atoms with Gasteiger partial charge in [-0.3, -0.25) is 14.6 Å². The van der Waals surface area contributed by atoms with Crippen LogP contribution in [-0.2, 0) is 6.54 Å². The SMILES string of the molecule is CNC(=O)c1cccc([C@@H]2CN(Cc3cscn3)CCN2C)c1. The van der Waals surface area contributed by atoms with E-state index >= 15 is 0 Å². The summed E-state index contributed by atoms with van der Waals surface area (Å²) in [6, 6.07) is 8.24. The lowest BCUT2D eigenvalue weighted by Gasteiger charge is -2.39. The summed E-state index contributed by atoms with van der Waals surface area (Å²) in [5.41, 5.74) is 4.93. The minimum absolute atomic E-state index is 0.0374. The maximum absolute atomic E-state index is 11.9. The molecule has 0 unspecified atom stereocenters. The van der Waals surface area contributed by atoms with E-state index in [-0.39, 0.29) is 5.91 Å². The minimum atomic E-state index is -0.0374. The molecule has 1 aliphatic rings. The van der Waals surface area contributed by atoms with Crippen LogP contribution in [0.1, 0.15) is 27.7 Å². The highest BCUT2D eigenvalue weighted by Gasteiger charge is 2.26. The van der Waals surface area contributed by atoms with E-state index in [1.807, 2.05) is 23.7 Å². The second kappa shape index (κ2) is 7.21. The number of benzene rings is 1. The molecule has 0 saturated carbocycles. The summed E-state index contributed by atoms with van der Waals surface area (Å²) in [5.74, 6) is -0.0374. The molecule has 0 radical (unpaired) electrons. The van der Waals surface area contributed by atoms with Crippen molar-refractivity contribution in [1.29, 1.82) is 0 Å². The Labute approximate surface area is 140 Å². The van der Waals surface area contributed by atoms with Gasteiger partial charge in [-0.25, -0.2) is 4.98 Å². The molecule has 0 spiro atoms. The van der Waals surface area contributed by atoms with Crippen LogP contribution < -0.4 is 5.32 Å². The van der Waals surface area contributed by atoms with Crippen molar-refractivity contribution in [3.8, 4) is 0 Å². The van der Waals surface area contributed by atoms with Gasteiger partial charge >= 0.3 is 0 Å². The van der Waals surface area contributed by atoms with Gasteiger partial charge in [0.15, 0.2) is 0 Å². The molecule has 23 heavy (non-hydrogen) atoms. The Morgan fingerprint density at radius 2 is 2.30 bits per heavy atom. The van der Waals surface area contributed by atoms with Gasteiger partial charge in [-0.15, -0.1) is 11.3 Å². The third kappa shape index (κ3) is 3.77. The molecule has 0 aliphatic carbocycles. The third-order valence-electron chi connectivity index (χ3n) is 4.36. The van der Waals surface area contributed by atoms with Gasteiger partial charge in [0, 0.05) is 50.2 Å². The Kier molecular flexibility index (Phi) is 5.05. The van der Waals surface area contributed by atoms with Crippen LogP contribution in [0, 0.1) is 0 Å². The quantitative estimate of drug-likeness (QED) is 0.931. The van der Waals surface area contributed by atoms with Gasteiger partial charge in [-0.05, 0) is 24.7 Å². The Morgan fingerprint density at radius 1 is 1.43 bits per heavy atom.